The van der Waals surface area contributed by atoms with Crippen LogP contribution in [0.2, 0.25) is 0 Å². The molecule has 4 saturated carbocycles. The third-order valence-electron chi connectivity index (χ3n) is 7.25. The van der Waals surface area contributed by atoms with E-state index in [0.717, 1.165) is 17.8 Å². The molecule has 30 heavy (non-hydrogen) atoms. The lowest BCUT2D eigenvalue weighted by molar-refractivity contribution is -0.128. The molecule has 0 unspecified atom stereocenters. The second kappa shape index (κ2) is 8.74. The van der Waals surface area contributed by atoms with Gasteiger partial charge in [0.25, 0.3) is 5.91 Å². The molecule has 0 aromatic heterocycles. The van der Waals surface area contributed by atoms with Gasteiger partial charge < -0.3 is 10.1 Å². The number of ether oxygens (including phenoxy) is 1. The van der Waals surface area contributed by atoms with Gasteiger partial charge >= 0.3 is 5.97 Å². The van der Waals surface area contributed by atoms with Gasteiger partial charge in [0.1, 0.15) is 5.78 Å². The molecule has 0 heterocycles. The standard InChI is InChI=1S/C24H31NO4S/c1-15(26)14-30-21-6-4-3-5-20(21)23(28)29-13-22(27)25-16(2)24-10-17-7-18(11-24)9-19(8-17)12-24/h3-6,16-19H,7-14H2,1-2H3,(H,25,27)/t16-,17?,18?,19?,24?/m1/s1. The number of esters is 1. The molecule has 0 saturated heterocycles. The molecule has 162 valence electrons. The fraction of sp³-hybridized carbons (Fsp3) is 0.625. The Balaban J connectivity index is 1.31. The minimum atomic E-state index is -0.528. The first-order valence-electron chi connectivity index (χ1n) is 11.0. The van der Waals surface area contributed by atoms with Crippen molar-refractivity contribution in [2.24, 2.45) is 23.2 Å². The number of ketones is 1. The monoisotopic (exact) mass is 429 g/mol. The van der Waals surface area contributed by atoms with Crippen LogP contribution >= 0.6 is 11.8 Å². The van der Waals surface area contributed by atoms with Crippen LogP contribution in [0.4, 0.5) is 0 Å². The van der Waals surface area contributed by atoms with Crippen LogP contribution in [0.5, 0.6) is 0 Å². The molecule has 0 aliphatic heterocycles. The van der Waals surface area contributed by atoms with E-state index in [1.54, 1.807) is 18.2 Å². The Hall–Kier alpha value is -1.82. The quantitative estimate of drug-likeness (QED) is 0.494. The molecule has 5 rings (SSSR count). The zero-order valence-electron chi connectivity index (χ0n) is 17.8. The van der Waals surface area contributed by atoms with Gasteiger partial charge in [-0.3, -0.25) is 9.59 Å². The topological polar surface area (TPSA) is 72.5 Å². The average Bonchev–Trinajstić information content (AvgIpc) is 2.69. The van der Waals surface area contributed by atoms with Crippen molar-refractivity contribution in [3.63, 3.8) is 0 Å². The summed E-state index contributed by atoms with van der Waals surface area (Å²) in [6.45, 7) is 3.37. The van der Waals surface area contributed by atoms with Gasteiger partial charge in [-0.05, 0) is 87.7 Å². The highest BCUT2D eigenvalue weighted by molar-refractivity contribution is 8.00. The zero-order valence-corrected chi connectivity index (χ0v) is 18.6. The number of carbonyl (C=O) groups is 3. The number of hydrogen-bond donors (Lipinski definition) is 1. The van der Waals surface area contributed by atoms with Gasteiger partial charge in [0.2, 0.25) is 0 Å². The van der Waals surface area contributed by atoms with Gasteiger partial charge in [-0.15, -0.1) is 11.8 Å². The molecule has 0 radical (unpaired) electrons. The van der Waals surface area contributed by atoms with Crippen molar-refractivity contribution in [1.29, 1.82) is 0 Å². The third-order valence-corrected chi connectivity index (χ3v) is 8.47. The third kappa shape index (κ3) is 4.58. The van der Waals surface area contributed by atoms with Gasteiger partial charge in [-0.1, -0.05) is 12.1 Å². The van der Waals surface area contributed by atoms with Crippen LogP contribution in [-0.2, 0) is 14.3 Å². The fourth-order valence-electron chi connectivity index (χ4n) is 6.29. The predicted octanol–water partition coefficient (Wildman–Crippen LogP) is 4.25. The molecule has 6 heteroatoms. The number of carbonyl (C=O) groups excluding carboxylic acids is 3. The van der Waals surface area contributed by atoms with Gasteiger partial charge in [-0.25, -0.2) is 4.79 Å². The van der Waals surface area contributed by atoms with Crippen molar-refractivity contribution >= 4 is 29.4 Å². The van der Waals surface area contributed by atoms with E-state index in [9.17, 15) is 14.4 Å². The van der Waals surface area contributed by atoms with Gasteiger partial charge in [0.15, 0.2) is 6.61 Å². The second-order valence-electron chi connectivity index (χ2n) is 9.63. The summed E-state index contributed by atoms with van der Waals surface area (Å²) >= 11 is 1.31. The Bertz CT molecular complexity index is 801. The molecule has 5 nitrogen and oxygen atoms in total. The van der Waals surface area contributed by atoms with Crippen LogP contribution in [0.25, 0.3) is 0 Å². The maximum absolute atomic E-state index is 12.5. The van der Waals surface area contributed by atoms with E-state index in [-0.39, 0.29) is 29.8 Å². The molecule has 4 aliphatic rings. The van der Waals surface area contributed by atoms with Crippen molar-refractivity contribution in [1.82, 2.24) is 5.32 Å². The average molecular weight is 430 g/mol. The van der Waals surface area contributed by atoms with Crippen molar-refractivity contribution in [2.45, 2.75) is 63.3 Å². The summed E-state index contributed by atoms with van der Waals surface area (Å²) < 4.78 is 5.31. The van der Waals surface area contributed by atoms with E-state index in [2.05, 4.69) is 12.2 Å². The molecule has 4 bridgehead atoms. The predicted molar refractivity (Wildman–Crippen MR) is 116 cm³/mol. The first-order chi connectivity index (χ1) is 14.3. The van der Waals surface area contributed by atoms with Crippen LogP contribution < -0.4 is 5.32 Å². The number of nitrogens with one attached hydrogen (secondary N) is 1. The van der Waals surface area contributed by atoms with E-state index >= 15 is 0 Å². The smallest absolute Gasteiger partial charge is 0.339 e. The molecule has 4 fully saturated rings. The van der Waals surface area contributed by atoms with Gasteiger partial charge in [0.05, 0.1) is 11.3 Å². The molecule has 1 atom stereocenters. The summed E-state index contributed by atoms with van der Waals surface area (Å²) in [6.07, 6.45) is 7.79. The molecule has 1 aromatic carbocycles. The van der Waals surface area contributed by atoms with Crippen molar-refractivity contribution in [2.75, 3.05) is 12.4 Å². The van der Waals surface area contributed by atoms with E-state index in [0.29, 0.717) is 16.2 Å². The maximum Gasteiger partial charge on any atom is 0.339 e. The van der Waals surface area contributed by atoms with Crippen LogP contribution in [0, 0.1) is 23.2 Å². The lowest BCUT2D eigenvalue weighted by Gasteiger charge is -2.59. The first kappa shape index (κ1) is 21.4. The minimum absolute atomic E-state index is 0.0428. The lowest BCUT2D eigenvalue weighted by Crippen LogP contribution is -2.56. The number of thioether (sulfide) groups is 1. The summed E-state index contributed by atoms with van der Waals surface area (Å²) in [5.74, 6) is 2.07. The van der Waals surface area contributed by atoms with Gasteiger partial charge in [-0.2, -0.15) is 0 Å². The summed E-state index contributed by atoms with van der Waals surface area (Å²) in [4.78, 5) is 37.0. The molecule has 1 amide bonds. The number of hydrogen-bond acceptors (Lipinski definition) is 5. The zero-order chi connectivity index (χ0) is 21.3. The summed E-state index contributed by atoms with van der Waals surface area (Å²) in [5, 5.41) is 3.13. The van der Waals surface area contributed by atoms with Crippen LogP contribution in [0.3, 0.4) is 0 Å². The minimum Gasteiger partial charge on any atom is -0.452 e. The highest BCUT2D eigenvalue weighted by Crippen LogP contribution is 2.61. The molecular formula is C24H31NO4S. The summed E-state index contributed by atoms with van der Waals surface area (Å²) in [7, 11) is 0. The van der Waals surface area contributed by atoms with Crippen molar-refractivity contribution in [3.05, 3.63) is 29.8 Å². The SMILES string of the molecule is CC(=O)CSc1ccccc1C(=O)OCC(=O)N[C@H](C)C12CC3CC(CC(C3)C1)C2. The number of rotatable bonds is 8. The van der Waals surface area contributed by atoms with E-state index in [1.807, 2.05) is 6.07 Å². The largest absolute Gasteiger partial charge is 0.452 e. The van der Waals surface area contributed by atoms with Crippen LogP contribution in [-0.4, -0.2) is 36.1 Å². The van der Waals surface area contributed by atoms with E-state index < -0.39 is 5.97 Å². The van der Waals surface area contributed by atoms with Crippen LogP contribution in [0.1, 0.15) is 62.7 Å². The Morgan fingerprint density at radius 2 is 1.70 bits per heavy atom. The number of benzene rings is 1. The second-order valence-corrected chi connectivity index (χ2v) is 10.6. The van der Waals surface area contributed by atoms with Crippen molar-refractivity contribution < 1.29 is 19.1 Å². The molecule has 0 spiro atoms. The lowest BCUT2D eigenvalue weighted by atomic mass is 9.48. The summed E-state index contributed by atoms with van der Waals surface area (Å²) in [6, 6.07) is 7.14. The molecule has 4 aliphatic carbocycles. The maximum atomic E-state index is 12.5. The highest BCUT2D eigenvalue weighted by Gasteiger charge is 2.53. The number of amides is 1. The Kier molecular flexibility index (Phi) is 6.24. The highest BCUT2D eigenvalue weighted by atomic mass is 32.2. The molecular weight excluding hydrogens is 398 g/mol. The summed E-state index contributed by atoms with van der Waals surface area (Å²) in [5.41, 5.74) is 0.621. The first-order valence-corrected chi connectivity index (χ1v) is 12.0. The molecule has 1 aromatic rings. The molecule has 1 N–H and O–H groups in total. The van der Waals surface area contributed by atoms with Gasteiger partial charge in [0, 0.05) is 10.9 Å². The van der Waals surface area contributed by atoms with E-state index in [1.165, 1.54) is 57.2 Å². The normalized spacial score (nSPS) is 30.0. The Morgan fingerprint density at radius 3 is 2.30 bits per heavy atom. The fourth-order valence-corrected chi connectivity index (χ4v) is 7.13. The van der Waals surface area contributed by atoms with Crippen LogP contribution in [0.15, 0.2) is 29.2 Å². The number of Topliss-reactive ketones (excluding diaryl/α,β-unsaturated/α-hetero) is 1. The van der Waals surface area contributed by atoms with Crippen molar-refractivity contribution in [3.8, 4) is 0 Å². The Morgan fingerprint density at radius 1 is 1.10 bits per heavy atom. The van der Waals surface area contributed by atoms with E-state index in [4.69, 9.17) is 4.74 Å². The Labute approximate surface area is 182 Å².